The van der Waals surface area contributed by atoms with Crippen molar-refractivity contribution >= 4 is 5.97 Å². The third kappa shape index (κ3) is 5.50. The fraction of sp³-hybridized carbons (Fsp3) is 0.923. The summed E-state index contributed by atoms with van der Waals surface area (Å²) in [4.78, 5) is 13.5. The zero-order valence-electron chi connectivity index (χ0n) is 10.7. The van der Waals surface area contributed by atoms with Crippen LogP contribution in [0.2, 0.25) is 0 Å². The highest BCUT2D eigenvalue weighted by Crippen LogP contribution is 2.14. The van der Waals surface area contributed by atoms with E-state index in [9.17, 15) is 4.79 Å². The van der Waals surface area contributed by atoms with Gasteiger partial charge in [0.15, 0.2) is 0 Å². The number of rotatable bonds is 6. The van der Waals surface area contributed by atoms with Gasteiger partial charge in [-0.3, -0.25) is 4.79 Å². The molecule has 0 radical (unpaired) electrons. The first-order chi connectivity index (χ1) is 7.72. The van der Waals surface area contributed by atoms with E-state index < -0.39 is 0 Å². The second kappa shape index (κ2) is 7.66. The molecule has 94 valence electrons. The lowest BCUT2D eigenvalue weighted by Crippen LogP contribution is -2.31. The molecular weight excluding hydrogens is 202 g/mol. The molecule has 1 rings (SSSR count). The maximum absolute atomic E-state index is 11.0. The van der Waals surface area contributed by atoms with Gasteiger partial charge in [-0.1, -0.05) is 13.3 Å². The highest BCUT2D eigenvalue weighted by molar-refractivity contribution is 5.69. The Morgan fingerprint density at radius 1 is 1.25 bits per heavy atom. The number of methoxy groups -OCH3 is 1. The second-order valence-electron chi connectivity index (χ2n) is 4.91. The van der Waals surface area contributed by atoms with Gasteiger partial charge in [-0.05, 0) is 51.2 Å². The molecule has 3 heteroatoms. The van der Waals surface area contributed by atoms with E-state index in [1.807, 2.05) is 0 Å². The van der Waals surface area contributed by atoms with Crippen LogP contribution in [0.25, 0.3) is 0 Å². The smallest absolute Gasteiger partial charge is 0.305 e. The van der Waals surface area contributed by atoms with Crippen LogP contribution in [0.4, 0.5) is 0 Å². The normalized spacial score (nSPS) is 19.4. The minimum Gasteiger partial charge on any atom is -0.469 e. The van der Waals surface area contributed by atoms with Gasteiger partial charge in [0.2, 0.25) is 0 Å². The first kappa shape index (κ1) is 13.5. The summed E-state index contributed by atoms with van der Waals surface area (Å²) in [7, 11) is 1.46. The maximum Gasteiger partial charge on any atom is 0.305 e. The van der Waals surface area contributed by atoms with Crippen molar-refractivity contribution in [3.05, 3.63) is 0 Å². The molecule has 1 saturated heterocycles. The molecule has 0 aliphatic carbocycles. The van der Waals surface area contributed by atoms with Crippen molar-refractivity contribution in [3.63, 3.8) is 0 Å². The largest absolute Gasteiger partial charge is 0.469 e. The van der Waals surface area contributed by atoms with Crippen LogP contribution in [0.3, 0.4) is 0 Å². The minimum atomic E-state index is -0.0789. The van der Waals surface area contributed by atoms with Gasteiger partial charge in [0.1, 0.15) is 0 Å². The molecule has 1 atom stereocenters. The number of carbonyl (C=O) groups excluding carboxylic acids is 1. The van der Waals surface area contributed by atoms with Crippen molar-refractivity contribution in [2.45, 2.75) is 45.4 Å². The molecule has 0 N–H and O–H groups in total. The summed E-state index contributed by atoms with van der Waals surface area (Å²) in [6.45, 7) is 5.96. The van der Waals surface area contributed by atoms with Gasteiger partial charge < -0.3 is 9.64 Å². The molecule has 1 aliphatic rings. The molecule has 3 nitrogen and oxygen atoms in total. The molecular formula is C13H25NO2. The average Bonchev–Trinajstić information content (AvgIpc) is 2.34. The number of esters is 1. The summed E-state index contributed by atoms with van der Waals surface area (Å²) in [5, 5.41) is 0. The lowest BCUT2D eigenvalue weighted by atomic mass is 10.0. The van der Waals surface area contributed by atoms with Gasteiger partial charge in [0.25, 0.3) is 0 Å². The van der Waals surface area contributed by atoms with Crippen molar-refractivity contribution in [3.8, 4) is 0 Å². The highest BCUT2D eigenvalue weighted by atomic mass is 16.5. The van der Waals surface area contributed by atoms with Gasteiger partial charge in [-0.15, -0.1) is 0 Å². The Balaban J connectivity index is 2.04. The zero-order valence-corrected chi connectivity index (χ0v) is 10.7. The predicted molar refractivity (Wildman–Crippen MR) is 65.3 cm³/mol. The standard InChI is InChI=1S/C13H25NO2/c1-12(6-7-13(15)16-2)8-11-14-9-4-3-5-10-14/h12H,3-11H2,1-2H3. The number of likely N-dealkylation sites (tertiary alicyclic amines) is 1. The van der Waals surface area contributed by atoms with Crippen molar-refractivity contribution in [2.24, 2.45) is 5.92 Å². The van der Waals surface area contributed by atoms with Crippen molar-refractivity contribution in [1.29, 1.82) is 0 Å². The lowest BCUT2D eigenvalue weighted by Gasteiger charge is -2.27. The third-order valence-electron chi connectivity index (χ3n) is 3.46. The fourth-order valence-corrected chi connectivity index (χ4v) is 2.20. The first-order valence-corrected chi connectivity index (χ1v) is 6.51. The summed E-state index contributed by atoms with van der Waals surface area (Å²) in [5.74, 6) is 0.547. The van der Waals surface area contributed by atoms with E-state index in [-0.39, 0.29) is 5.97 Å². The Bertz CT molecular complexity index is 200. The van der Waals surface area contributed by atoms with Crippen LogP contribution in [0.5, 0.6) is 0 Å². The summed E-state index contributed by atoms with van der Waals surface area (Å²) >= 11 is 0. The van der Waals surface area contributed by atoms with Crippen LogP contribution in [-0.4, -0.2) is 37.6 Å². The van der Waals surface area contributed by atoms with E-state index in [1.54, 1.807) is 0 Å². The molecule has 0 amide bonds. The van der Waals surface area contributed by atoms with Gasteiger partial charge in [0.05, 0.1) is 7.11 Å². The monoisotopic (exact) mass is 227 g/mol. The van der Waals surface area contributed by atoms with Gasteiger partial charge in [0, 0.05) is 6.42 Å². The van der Waals surface area contributed by atoms with Crippen LogP contribution < -0.4 is 0 Å². The van der Waals surface area contributed by atoms with E-state index in [4.69, 9.17) is 0 Å². The summed E-state index contributed by atoms with van der Waals surface area (Å²) in [6.07, 6.45) is 6.84. The molecule has 1 aliphatic heterocycles. The number of piperidine rings is 1. The summed E-state index contributed by atoms with van der Waals surface area (Å²) < 4.78 is 4.65. The second-order valence-corrected chi connectivity index (χ2v) is 4.91. The Hall–Kier alpha value is -0.570. The fourth-order valence-electron chi connectivity index (χ4n) is 2.20. The molecule has 1 unspecified atom stereocenters. The molecule has 1 heterocycles. The molecule has 0 bridgehead atoms. The maximum atomic E-state index is 11.0. The SMILES string of the molecule is COC(=O)CCC(C)CCN1CCCCC1. The van der Waals surface area contributed by atoms with E-state index in [0.717, 1.165) is 6.42 Å². The summed E-state index contributed by atoms with van der Waals surface area (Å²) in [5.41, 5.74) is 0. The van der Waals surface area contributed by atoms with E-state index >= 15 is 0 Å². The minimum absolute atomic E-state index is 0.0789. The number of nitrogens with zero attached hydrogens (tertiary/aromatic N) is 1. The van der Waals surface area contributed by atoms with E-state index in [1.165, 1.54) is 52.4 Å². The van der Waals surface area contributed by atoms with Crippen molar-refractivity contribution in [1.82, 2.24) is 4.90 Å². The Morgan fingerprint density at radius 2 is 1.94 bits per heavy atom. The number of carbonyl (C=O) groups is 1. The molecule has 0 spiro atoms. The Morgan fingerprint density at radius 3 is 2.56 bits per heavy atom. The number of ether oxygens (including phenoxy) is 1. The van der Waals surface area contributed by atoms with Gasteiger partial charge in [-0.2, -0.15) is 0 Å². The van der Waals surface area contributed by atoms with Crippen LogP contribution >= 0.6 is 0 Å². The van der Waals surface area contributed by atoms with Crippen molar-refractivity contribution in [2.75, 3.05) is 26.7 Å². The molecule has 0 aromatic rings. The molecule has 0 saturated carbocycles. The Labute approximate surface area is 99.1 Å². The number of hydrogen-bond acceptors (Lipinski definition) is 3. The van der Waals surface area contributed by atoms with Crippen molar-refractivity contribution < 1.29 is 9.53 Å². The predicted octanol–water partition coefficient (Wildman–Crippen LogP) is 2.45. The topological polar surface area (TPSA) is 29.5 Å². The summed E-state index contributed by atoms with van der Waals surface area (Å²) in [6, 6.07) is 0. The third-order valence-corrected chi connectivity index (χ3v) is 3.46. The molecule has 0 aromatic heterocycles. The van der Waals surface area contributed by atoms with E-state index in [2.05, 4.69) is 16.6 Å². The lowest BCUT2D eigenvalue weighted by molar-refractivity contribution is -0.140. The van der Waals surface area contributed by atoms with E-state index in [0.29, 0.717) is 12.3 Å². The zero-order chi connectivity index (χ0) is 11.8. The quantitative estimate of drug-likeness (QED) is 0.653. The molecule has 16 heavy (non-hydrogen) atoms. The first-order valence-electron chi connectivity index (χ1n) is 6.51. The molecule has 1 fully saturated rings. The van der Waals surface area contributed by atoms with Crippen LogP contribution in [-0.2, 0) is 9.53 Å². The molecule has 0 aromatic carbocycles. The average molecular weight is 227 g/mol. The van der Waals surface area contributed by atoms with Gasteiger partial charge in [-0.25, -0.2) is 0 Å². The van der Waals surface area contributed by atoms with Crippen LogP contribution in [0, 0.1) is 5.92 Å². The highest BCUT2D eigenvalue weighted by Gasteiger charge is 2.12. The van der Waals surface area contributed by atoms with Crippen LogP contribution in [0.1, 0.15) is 45.4 Å². The van der Waals surface area contributed by atoms with Crippen LogP contribution in [0.15, 0.2) is 0 Å². The van der Waals surface area contributed by atoms with Gasteiger partial charge >= 0.3 is 5.97 Å². The Kier molecular flexibility index (Phi) is 6.46. The number of hydrogen-bond donors (Lipinski definition) is 0.